The third-order valence-corrected chi connectivity index (χ3v) is 4.65. The maximum Gasteiger partial charge on any atom is 0.268 e. The molecule has 0 aliphatic heterocycles. The second kappa shape index (κ2) is 7.29. The molecule has 0 bridgehead atoms. The molecule has 0 fully saturated rings. The fraction of sp³-hybridized carbons (Fsp3) is 0.421. The van der Waals surface area contributed by atoms with Crippen LogP contribution in [0, 0.1) is 20.8 Å². The molecule has 1 aromatic carbocycles. The molecule has 0 spiro atoms. The Kier molecular flexibility index (Phi) is 5.08. The number of aromatic amines is 1. The van der Waals surface area contributed by atoms with Crippen molar-refractivity contribution in [2.24, 2.45) is 0 Å². The fourth-order valence-electron chi connectivity index (χ4n) is 3.30. The number of fused-ring (bicyclic) bond motifs is 1. The lowest BCUT2D eigenvalue weighted by Crippen LogP contribution is -2.29. The Morgan fingerprint density at radius 2 is 2.12 bits per heavy atom. The minimum atomic E-state index is -0.268. The lowest BCUT2D eigenvalue weighted by atomic mass is 10.1. The SMILES string of the molecule is COCCn1cnnc1[C@@H](C)NC(=O)c1[nH]c2c(C)cc(C)cc2c1C. The van der Waals surface area contributed by atoms with Crippen LogP contribution >= 0.6 is 0 Å². The lowest BCUT2D eigenvalue weighted by molar-refractivity contribution is 0.0932. The zero-order chi connectivity index (χ0) is 18.8. The maximum atomic E-state index is 12.8. The first-order chi connectivity index (χ1) is 12.4. The summed E-state index contributed by atoms with van der Waals surface area (Å²) >= 11 is 0. The van der Waals surface area contributed by atoms with Gasteiger partial charge in [-0.1, -0.05) is 11.6 Å². The summed E-state index contributed by atoms with van der Waals surface area (Å²) in [5, 5.41) is 12.2. The first kappa shape index (κ1) is 18.1. The number of aromatic nitrogens is 4. The van der Waals surface area contributed by atoms with Gasteiger partial charge in [-0.05, 0) is 44.9 Å². The molecule has 1 amide bonds. The molecule has 2 N–H and O–H groups in total. The smallest absolute Gasteiger partial charge is 0.268 e. The van der Waals surface area contributed by atoms with E-state index in [4.69, 9.17) is 4.74 Å². The van der Waals surface area contributed by atoms with Crippen LogP contribution in [0.25, 0.3) is 10.9 Å². The fourth-order valence-corrected chi connectivity index (χ4v) is 3.30. The van der Waals surface area contributed by atoms with E-state index >= 15 is 0 Å². The summed E-state index contributed by atoms with van der Waals surface area (Å²) < 4.78 is 6.99. The summed E-state index contributed by atoms with van der Waals surface area (Å²) in [6.07, 6.45) is 1.65. The third-order valence-electron chi connectivity index (χ3n) is 4.65. The van der Waals surface area contributed by atoms with E-state index in [2.05, 4.69) is 39.6 Å². The van der Waals surface area contributed by atoms with E-state index in [9.17, 15) is 4.79 Å². The van der Waals surface area contributed by atoms with E-state index in [0.29, 0.717) is 24.7 Å². The summed E-state index contributed by atoms with van der Waals surface area (Å²) in [6, 6.07) is 3.95. The number of ether oxygens (including phenoxy) is 1. The molecular weight excluding hydrogens is 330 g/mol. The first-order valence-corrected chi connectivity index (χ1v) is 8.69. The number of methoxy groups -OCH3 is 1. The number of H-pyrrole nitrogens is 1. The van der Waals surface area contributed by atoms with Crippen molar-refractivity contribution >= 4 is 16.8 Å². The van der Waals surface area contributed by atoms with Gasteiger partial charge in [-0.2, -0.15) is 0 Å². The third kappa shape index (κ3) is 3.35. The highest BCUT2D eigenvalue weighted by molar-refractivity contribution is 6.01. The number of hydrogen-bond acceptors (Lipinski definition) is 4. The van der Waals surface area contributed by atoms with Crippen LogP contribution in [0.2, 0.25) is 0 Å². The van der Waals surface area contributed by atoms with E-state index in [-0.39, 0.29) is 11.9 Å². The second-order valence-electron chi connectivity index (χ2n) is 6.70. The molecule has 3 aromatic rings. The van der Waals surface area contributed by atoms with Crippen molar-refractivity contribution in [1.82, 2.24) is 25.1 Å². The largest absolute Gasteiger partial charge is 0.383 e. The minimum Gasteiger partial charge on any atom is -0.383 e. The van der Waals surface area contributed by atoms with Gasteiger partial charge in [0.2, 0.25) is 0 Å². The van der Waals surface area contributed by atoms with Gasteiger partial charge in [-0.15, -0.1) is 10.2 Å². The number of aryl methyl sites for hydroxylation is 3. The van der Waals surface area contributed by atoms with Gasteiger partial charge in [0, 0.05) is 24.6 Å². The van der Waals surface area contributed by atoms with E-state index in [0.717, 1.165) is 22.0 Å². The molecule has 0 saturated heterocycles. The zero-order valence-electron chi connectivity index (χ0n) is 15.9. The maximum absolute atomic E-state index is 12.8. The lowest BCUT2D eigenvalue weighted by Gasteiger charge is -2.14. The molecule has 2 heterocycles. The molecule has 0 radical (unpaired) electrons. The highest BCUT2D eigenvalue weighted by Crippen LogP contribution is 2.26. The van der Waals surface area contributed by atoms with Crippen molar-refractivity contribution in [3.8, 4) is 0 Å². The summed E-state index contributed by atoms with van der Waals surface area (Å²) in [5.74, 6) is 0.556. The van der Waals surface area contributed by atoms with E-state index in [1.807, 2.05) is 25.3 Å². The Morgan fingerprint density at radius 1 is 1.35 bits per heavy atom. The number of amides is 1. The predicted octanol–water partition coefficient (Wildman–Crippen LogP) is 2.82. The molecule has 0 aliphatic carbocycles. The predicted molar refractivity (Wildman–Crippen MR) is 100 cm³/mol. The number of rotatable bonds is 6. The molecule has 0 unspecified atom stereocenters. The van der Waals surface area contributed by atoms with E-state index < -0.39 is 0 Å². The van der Waals surface area contributed by atoms with Gasteiger partial charge in [-0.3, -0.25) is 4.79 Å². The average Bonchev–Trinajstić information content (AvgIpc) is 3.18. The molecule has 3 rings (SSSR count). The summed E-state index contributed by atoms with van der Waals surface area (Å²) in [7, 11) is 1.65. The Morgan fingerprint density at radius 3 is 2.85 bits per heavy atom. The number of hydrogen-bond donors (Lipinski definition) is 2. The van der Waals surface area contributed by atoms with E-state index in [1.54, 1.807) is 13.4 Å². The van der Waals surface area contributed by atoms with Crippen LogP contribution in [0.4, 0.5) is 0 Å². The number of carbonyl (C=O) groups is 1. The highest BCUT2D eigenvalue weighted by Gasteiger charge is 2.20. The van der Waals surface area contributed by atoms with Crippen LogP contribution in [0.3, 0.4) is 0 Å². The number of nitrogens with one attached hydrogen (secondary N) is 2. The Bertz CT molecular complexity index is 941. The monoisotopic (exact) mass is 355 g/mol. The van der Waals surface area contributed by atoms with Gasteiger partial charge >= 0.3 is 0 Å². The molecule has 0 aliphatic rings. The summed E-state index contributed by atoms with van der Waals surface area (Å²) in [5.41, 5.74) is 4.87. The van der Waals surface area contributed by atoms with Crippen LogP contribution in [-0.2, 0) is 11.3 Å². The van der Waals surface area contributed by atoms with E-state index in [1.165, 1.54) is 5.56 Å². The topological polar surface area (TPSA) is 84.8 Å². The Labute approximate surface area is 152 Å². The molecule has 138 valence electrons. The first-order valence-electron chi connectivity index (χ1n) is 8.69. The standard InChI is InChI=1S/C19H25N5O2/c1-11-8-12(2)16-15(9-11)13(3)17(22-16)19(25)21-14(4)18-23-20-10-24(18)6-7-26-5/h8-10,14,22H,6-7H2,1-5H3,(H,21,25)/t14-/m1/s1. The average molecular weight is 355 g/mol. The van der Waals surface area contributed by atoms with Gasteiger partial charge in [0.25, 0.3) is 5.91 Å². The zero-order valence-corrected chi connectivity index (χ0v) is 15.9. The molecule has 26 heavy (non-hydrogen) atoms. The second-order valence-corrected chi connectivity index (χ2v) is 6.70. The number of benzene rings is 1. The summed E-state index contributed by atoms with van der Waals surface area (Å²) in [6.45, 7) is 9.19. The van der Waals surface area contributed by atoms with Crippen LogP contribution in [0.1, 0.15) is 46.0 Å². The van der Waals surface area contributed by atoms with Crippen molar-refractivity contribution in [3.63, 3.8) is 0 Å². The number of nitrogens with zero attached hydrogens (tertiary/aromatic N) is 3. The molecule has 1 atom stereocenters. The quantitative estimate of drug-likeness (QED) is 0.712. The van der Waals surface area contributed by atoms with Gasteiger partial charge in [0.1, 0.15) is 12.0 Å². The van der Waals surface area contributed by atoms with Crippen LogP contribution < -0.4 is 5.32 Å². The highest BCUT2D eigenvalue weighted by atomic mass is 16.5. The van der Waals surface area contributed by atoms with Crippen molar-refractivity contribution in [2.45, 2.75) is 40.3 Å². The van der Waals surface area contributed by atoms with Crippen LogP contribution in [-0.4, -0.2) is 39.4 Å². The van der Waals surface area contributed by atoms with Crippen molar-refractivity contribution in [2.75, 3.05) is 13.7 Å². The van der Waals surface area contributed by atoms with Gasteiger partial charge in [0.05, 0.1) is 12.6 Å². The minimum absolute atomic E-state index is 0.149. The van der Waals surface area contributed by atoms with Crippen LogP contribution in [0.15, 0.2) is 18.5 Å². The van der Waals surface area contributed by atoms with Gasteiger partial charge in [-0.25, -0.2) is 0 Å². The van der Waals surface area contributed by atoms with Gasteiger partial charge in [0.15, 0.2) is 5.82 Å². The Balaban J connectivity index is 1.84. The van der Waals surface area contributed by atoms with Crippen molar-refractivity contribution < 1.29 is 9.53 Å². The van der Waals surface area contributed by atoms with Gasteiger partial charge < -0.3 is 19.6 Å². The Hall–Kier alpha value is -2.67. The molecular formula is C19H25N5O2. The molecule has 7 nitrogen and oxygen atoms in total. The van der Waals surface area contributed by atoms with Crippen LogP contribution in [0.5, 0.6) is 0 Å². The normalized spacial score (nSPS) is 12.5. The molecule has 2 aromatic heterocycles. The molecule has 7 heteroatoms. The van der Waals surface area contributed by atoms with Crippen molar-refractivity contribution in [1.29, 1.82) is 0 Å². The summed E-state index contributed by atoms with van der Waals surface area (Å²) in [4.78, 5) is 16.1. The van der Waals surface area contributed by atoms with Crippen molar-refractivity contribution in [3.05, 3.63) is 46.7 Å². The number of carbonyl (C=O) groups excluding carboxylic acids is 1. The molecule has 0 saturated carbocycles.